The third-order valence-corrected chi connectivity index (χ3v) is 4.19. The number of aliphatic hydroxyl groups excluding tert-OH is 2. The number of benzene rings is 2. The molecule has 4 heteroatoms. The number of aromatic nitrogens is 1. The molecule has 0 bridgehead atoms. The second-order valence-electron chi connectivity index (χ2n) is 5.26. The summed E-state index contributed by atoms with van der Waals surface area (Å²) >= 11 is 6.44. The molecular formula is C19H16ClNO2. The molecular weight excluding hydrogens is 310 g/mol. The number of pyridine rings is 1. The summed E-state index contributed by atoms with van der Waals surface area (Å²) in [5.41, 5.74) is 2.40. The largest absolute Gasteiger partial charge is 0.384 e. The van der Waals surface area contributed by atoms with Gasteiger partial charge in [0.15, 0.2) is 0 Å². The van der Waals surface area contributed by atoms with Crippen molar-refractivity contribution in [1.82, 2.24) is 4.98 Å². The molecule has 0 amide bonds. The van der Waals surface area contributed by atoms with Crippen LogP contribution in [0.2, 0.25) is 5.02 Å². The molecule has 0 saturated heterocycles. The Kier molecular flexibility index (Phi) is 4.72. The molecule has 0 saturated carbocycles. The van der Waals surface area contributed by atoms with Crippen LogP contribution in [0.15, 0.2) is 73.1 Å². The first-order chi connectivity index (χ1) is 11.2. The molecule has 0 aliphatic rings. The number of hydrogen-bond acceptors (Lipinski definition) is 3. The van der Waals surface area contributed by atoms with E-state index in [0.29, 0.717) is 16.1 Å². The van der Waals surface area contributed by atoms with Crippen molar-refractivity contribution >= 4 is 11.6 Å². The minimum Gasteiger partial charge on any atom is -0.384 e. The maximum absolute atomic E-state index is 10.5. The normalized spacial score (nSPS) is 13.5. The lowest BCUT2D eigenvalue weighted by Crippen LogP contribution is -2.07. The van der Waals surface area contributed by atoms with Crippen LogP contribution in [0.5, 0.6) is 0 Å². The first-order valence-corrected chi connectivity index (χ1v) is 7.65. The average Bonchev–Trinajstić information content (AvgIpc) is 2.62. The molecule has 1 aromatic heterocycles. The van der Waals surface area contributed by atoms with Crippen molar-refractivity contribution in [2.45, 2.75) is 12.2 Å². The van der Waals surface area contributed by atoms with Crippen molar-refractivity contribution in [2.24, 2.45) is 0 Å². The molecule has 3 aromatic rings. The Bertz CT molecular complexity index is 714. The average molecular weight is 326 g/mol. The molecule has 2 N–H and O–H groups in total. The van der Waals surface area contributed by atoms with Crippen LogP contribution in [0.4, 0.5) is 0 Å². The van der Waals surface area contributed by atoms with Crippen LogP contribution in [0.25, 0.3) is 0 Å². The third-order valence-electron chi connectivity index (χ3n) is 3.75. The van der Waals surface area contributed by atoms with Gasteiger partial charge in [0.25, 0.3) is 0 Å². The molecule has 3 rings (SSSR count). The topological polar surface area (TPSA) is 53.4 Å². The highest BCUT2D eigenvalue weighted by Crippen LogP contribution is 2.34. The number of halogens is 1. The number of nitrogens with zero attached hydrogens (tertiary/aromatic N) is 1. The van der Waals surface area contributed by atoms with Gasteiger partial charge in [-0.05, 0) is 11.1 Å². The predicted octanol–water partition coefficient (Wildman–Crippen LogP) is 3.90. The Balaban J connectivity index is 1.99. The molecule has 0 aliphatic heterocycles. The van der Waals surface area contributed by atoms with Gasteiger partial charge in [0.2, 0.25) is 0 Å². The van der Waals surface area contributed by atoms with E-state index in [2.05, 4.69) is 4.98 Å². The van der Waals surface area contributed by atoms with E-state index in [0.717, 1.165) is 11.1 Å². The van der Waals surface area contributed by atoms with Gasteiger partial charge in [0.05, 0.1) is 5.02 Å². The summed E-state index contributed by atoms with van der Waals surface area (Å²) in [7, 11) is 0. The van der Waals surface area contributed by atoms with E-state index in [4.69, 9.17) is 11.6 Å². The van der Waals surface area contributed by atoms with Crippen molar-refractivity contribution in [2.75, 3.05) is 0 Å². The van der Waals surface area contributed by atoms with E-state index in [9.17, 15) is 10.2 Å². The van der Waals surface area contributed by atoms with Crippen LogP contribution in [0.3, 0.4) is 0 Å². The lowest BCUT2D eigenvalue weighted by molar-refractivity contribution is 0.213. The van der Waals surface area contributed by atoms with E-state index in [1.165, 1.54) is 12.4 Å². The zero-order valence-corrected chi connectivity index (χ0v) is 13.1. The minimum absolute atomic E-state index is 0.327. The van der Waals surface area contributed by atoms with Gasteiger partial charge in [-0.2, -0.15) is 0 Å². The quantitative estimate of drug-likeness (QED) is 0.765. The zero-order valence-electron chi connectivity index (χ0n) is 12.3. The molecule has 0 radical (unpaired) electrons. The van der Waals surface area contributed by atoms with Gasteiger partial charge in [0, 0.05) is 23.5 Å². The molecule has 2 aromatic carbocycles. The fourth-order valence-electron chi connectivity index (χ4n) is 2.49. The van der Waals surface area contributed by atoms with Crippen LogP contribution >= 0.6 is 11.6 Å². The minimum atomic E-state index is -0.890. The lowest BCUT2D eigenvalue weighted by atomic mass is 9.98. The molecule has 0 fully saturated rings. The van der Waals surface area contributed by atoms with Crippen molar-refractivity contribution in [3.8, 4) is 0 Å². The first kappa shape index (κ1) is 15.7. The SMILES string of the molecule is OC(c1ccccc1)c1cncc(C(O)c2ccccc2)c1Cl. The summed E-state index contributed by atoms with van der Waals surface area (Å²) in [6.07, 6.45) is 1.28. The number of aliphatic hydroxyl groups is 2. The maximum atomic E-state index is 10.5. The second-order valence-corrected chi connectivity index (χ2v) is 5.64. The van der Waals surface area contributed by atoms with Crippen molar-refractivity contribution in [3.05, 3.63) is 100 Å². The Labute approximate surface area is 139 Å². The van der Waals surface area contributed by atoms with Crippen LogP contribution in [-0.4, -0.2) is 15.2 Å². The highest BCUT2D eigenvalue weighted by atomic mass is 35.5. The van der Waals surface area contributed by atoms with Crippen molar-refractivity contribution < 1.29 is 10.2 Å². The molecule has 116 valence electrons. The van der Waals surface area contributed by atoms with Crippen LogP contribution < -0.4 is 0 Å². The van der Waals surface area contributed by atoms with Gasteiger partial charge in [-0.25, -0.2) is 0 Å². The zero-order chi connectivity index (χ0) is 16.2. The molecule has 23 heavy (non-hydrogen) atoms. The van der Waals surface area contributed by atoms with Gasteiger partial charge in [-0.15, -0.1) is 0 Å². The Morgan fingerprint density at radius 2 is 1.09 bits per heavy atom. The predicted molar refractivity (Wildman–Crippen MR) is 90.3 cm³/mol. The van der Waals surface area contributed by atoms with Crippen LogP contribution in [-0.2, 0) is 0 Å². The van der Waals surface area contributed by atoms with Crippen molar-refractivity contribution in [1.29, 1.82) is 0 Å². The van der Waals surface area contributed by atoms with E-state index in [1.54, 1.807) is 0 Å². The fraction of sp³-hybridized carbons (Fsp3) is 0.105. The Morgan fingerprint density at radius 1 is 0.696 bits per heavy atom. The number of rotatable bonds is 4. The molecule has 0 spiro atoms. The summed E-state index contributed by atoms with van der Waals surface area (Å²) in [4.78, 5) is 4.13. The molecule has 2 unspecified atom stereocenters. The molecule has 0 aliphatic carbocycles. The van der Waals surface area contributed by atoms with Gasteiger partial charge < -0.3 is 10.2 Å². The van der Waals surface area contributed by atoms with Gasteiger partial charge in [-0.1, -0.05) is 72.3 Å². The second kappa shape index (κ2) is 6.92. The fourth-order valence-corrected chi connectivity index (χ4v) is 2.79. The molecule has 2 atom stereocenters. The van der Waals surface area contributed by atoms with Gasteiger partial charge >= 0.3 is 0 Å². The summed E-state index contributed by atoms with van der Waals surface area (Å²) in [5, 5.41) is 21.4. The summed E-state index contributed by atoms with van der Waals surface area (Å²) in [6, 6.07) is 18.4. The van der Waals surface area contributed by atoms with E-state index in [1.807, 2.05) is 60.7 Å². The third kappa shape index (κ3) is 3.27. The monoisotopic (exact) mass is 325 g/mol. The van der Waals surface area contributed by atoms with E-state index >= 15 is 0 Å². The Hall–Kier alpha value is -2.20. The highest BCUT2D eigenvalue weighted by molar-refractivity contribution is 6.32. The van der Waals surface area contributed by atoms with E-state index < -0.39 is 12.2 Å². The summed E-state index contributed by atoms with van der Waals surface area (Å²) < 4.78 is 0. The number of hydrogen-bond donors (Lipinski definition) is 2. The molecule has 3 nitrogen and oxygen atoms in total. The Morgan fingerprint density at radius 3 is 1.48 bits per heavy atom. The van der Waals surface area contributed by atoms with Crippen LogP contribution in [0.1, 0.15) is 34.5 Å². The summed E-state index contributed by atoms with van der Waals surface area (Å²) in [6.45, 7) is 0. The van der Waals surface area contributed by atoms with Crippen molar-refractivity contribution in [3.63, 3.8) is 0 Å². The van der Waals surface area contributed by atoms with Crippen LogP contribution in [0, 0.1) is 0 Å². The highest BCUT2D eigenvalue weighted by Gasteiger charge is 2.21. The maximum Gasteiger partial charge on any atom is 0.107 e. The van der Waals surface area contributed by atoms with Gasteiger partial charge in [0.1, 0.15) is 12.2 Å². The van der Waals surface area contributed by atoms with E-state index in [-0.39, 0.29) is 0 Å². The lowest BCUT2D eigenvalue weighted by Gasteiger charge is -2.18. The molecule has 1 heterocycles. The van der Waals surface area contributed by atoms with Gasteiger partial charge in [-0.3, -0.25) is 4.98 Å². The smallest absolute Gasteiger partial charge is 0.107 e. The standard InChI is InChI=1S/C19H16ClNO2/c20-17-15(18(22)13-7-3-1-4-8-13)11-21-12-16(17)19(23)14-9-5-2-6-10-14/h1-12,18-19,22-23H. The summed E-state index contributed by atoms with van der Waals surface area (Å²) in [5.74, 6) is 0. The first-order valence-electron chi connectivity index (χ1n) is 7.28.